The van der Waals surface area contributed by atoms with Crippen LogP contribution in [-0.4, -0.2) is 21.1 Å². The summed E-state index contributed by atoms with van der Waals surface area (Å²) in [5.41, 5.74) is 9.35. The molecule has 0 aliphatic rings. The van der Waals surface area contributed by atoms with Gasteiger partial charge in [0, 0.05) is 29.0 Å². The highest BCUT2D eigenvalue weighted by Gasteiger charge is 2.15. The molecule has 6 nitrogen and oxygen atoms in total. The first-order chi connectivity index (χ1) is 12.6. The number of fused-ring (bicyclic) bond motifs is 1. The van der Waals surface area contributed by atoms with Gasteiger partial charge < -0.3 is 11.1 Å². The number of pyridine rings is 1. The van der Waals surface area contributed by atoms with Crippen LogP contribution in [0.25, 0.3) is 22.0 Å². The van der Waals surface area contributed by atoms with Gasteiger partial charge in [-0.25, -0.2) is 4.39 Å². The van der Waals surface area contributed by atoms with Crippen molar-refractivity contribution < 1.29 is 9.18 Å². The van der Waals surface area contributed by atoms with Crippen LogP contribution in [0.5, 0.6) is 0 Å². The molecule has 2 aromatic heterocycles. The smallest absolute Gasteiger partial charge is 0.276 e. The highest BCUT2D eigenvalue weighted by atomic mass is 19.1. The van der Waals surface area contributed by atoms with Crippen molar-refractivity contribution >= 4 is 28.2 Å². The van der Waals surface area contributed by atoms with E-state index in [-0.39, 0.29) is 5.69 Å². The van der Waals surface area contributed by atoms with Crippen molar-refractivity contribution in [3.05, 3.63) is 72.4 Å². The van der Waals surface area contributed by atoms with E-state index in [1.807, 2.05) is 18.2 Å². The topological polar surface area (TPSA) is 96.7 Å². The molecule has 4 rings (SSSR count). The van der Waals surface area contributed by atoms with E-state index >= 15 is 0 Å². The molecule has 0 fully saturated rings. The summed E-state index contributed by atoms with van der Waals surface area (Å²) in [6, 6.07) is 13.1. The number of nitrogens with one attached hydrogen (secondary N) is 2. The maximum atomic E-state index is 13.3. The van der Waals surface area contributed by atoms with Crippen LogP contribution < -0.4 is 11.1 Å². The molecule has 26 heavy (non-hydrogen) atoms. The molecule has 4 aromatic rings. The summed E-state index contributed by atoms with van der Waals surface area (Å²) < 4.78 is 13.3. The molecule has 0 radical (unpaired) electrons. The fourth-order valence-corrected chi connectivity index (χ4v) is 2.74. The summed E-state index contributed by atoms with van der Waals surface area (Å²) >= 11 is 0. The van der Waals surface area contributed by atoms with Crippen molar-refractivity contribution in [3.63, 3.8) is 0 Å². The minimum Gasteiger partial charge on any atom is -0.397 e. The van der Waals surface area contributed by atoms with Gasteiger partial charge in [-0.15, -0.1) is 0 Å². The van der Waals surface area contributed by atoms with Gasteiger partial charge in [-0.1, -0.05) is 12.1 Å². The monoisotopic (exact) mass is 347 g/mol. The molecule has 0 saturated heterocycles. The van der Waals surface area contributed by atoms with Crippen LogP contribution in [0.3, 0.4) is 0 Å². The van der Waals surface area contributed by atoms with Crippen molar-refractivity contribution in [1.29, 1.82) is 0 Å². The molecule has 0 aliphatic carbocycles. The Morgan fingerprint density at radius 3 is 2.77 bits per heavy atom. The van der Waals surface area contributed by atoms with Crippen molar-refractivity contribution in [2.75, 3.05) is 11.1 Å². The molecule has 4 N–H and O–H groups in total. The summed E-state index contributed by atoms with van der Waals surface area (Å²) in [4.78, 5) is 16.6. The zero-order valence-electron chi connectivity index (χ0n) is 13.5. The van der Waals surface area contributed by atoms with E-state index in [0.717, 1.165) is 16.6 Å². The Labute approximate surface area is 147 Å². The predicted molar refractivity (Wildman–Crippen MR) is 98.1 cm³/mol. The van der Waals surface area contributed by atoms with Crippen LogP contribution in [0.2, 0.25) is 0 Å². The van der Waals surface area contributed by atoms with Crippen LogP contribution in [0, 0.1) is 5.82 Å². The summed E-state index contributed by atoms with van der Waals surface area (Å²) in [5, 5.41) is 10.2. The lowest BCUT2D eigenvalue weighted by Crippen LogP contribution is -2.12. The highest BCUT2D eigenvalue weighted by Crippen LogP contribution is 2.26. The number of aromatic amines is 1. The summed E-state index contributed by atoms with van der Waals surface area (Å²) in [6.07, 6.45) is 3.27. The third kappa shape index (κ3) is 2.98. The van der Waals surface area contributed by atoms with Gasteiger partial charge in [-0.2, -0.15) is 5.10 Å². The molecule has 0 unspecified atom stereocenters. The average Bonchev–Trinajstić information content (AvgIpc) is 3.05. The first-order valence-electron chi connectivity index (χ1n) is 7.86. The molecular formula is C19H14FN5O. The zero-order chi connectivity index (χ0) is 18.1. The zero-order valence-corrected chi connectivity index (χ0v) is 13.5. The Kier molecular flexibility index (Phi) is 3.81. The second-order valence-corrected chi connectivity index (χ2v) is 5.80. The number of nitrogens with two attached hydrogens (primary N) is 1. The van der Waals surface area contributed by atoms with Crippen molar-refractivity contribution in [3.8, 4) is 11.1 Å². The molecule has 0 atom stereocenters. The Morgan fingerprint density at radius 2 is 1.96 bits per heavy atom. The second-order valence-electron chi connectivity index (χ2n) is 5.80. The number of hydrogen-bond donors (Lipinski definition) is 3. The third-order valence-corrected chi connectivity index (χ3v) is 3.95. The lowest BCUT2D eigenvalue weighted by Gasteiger charge is -2.05. The first-order valence-corrected chi connectivity index (χ1v) is 7.86. The number of benzene rings is 2. The lowest BCUT2D eigenvalue weighted by molar-refractivity contribution is 0.102. The quantitative estimate of drug-likeness (QED) is 0.527. The first kappa shape index (κ1) is 15.8. The molecule has 2 heterocycles. The standard InChI is InChI=1S/C19H14FN5O/c20-13-2-1-3-15(8-13)23-19(26)18-16-7-11(4-5-17(16)24-25-18)12-6-14(21)10-22-9-12/h1-10H,21H2,(H,23,26)(H,24,25). The largest absolute Gasteiger partial charge is 0.397 e. The van der Waals surface area contributed by atoms with E-state index in [1.165, 1.54) is 18.2 Å². The van der Waals surface area contributed by atoms with Crippen LogP contribution in [0.1, 0.15) is 10.5 Å². The van der Waals surface area contributed by atoms with Crippen LogP contribution in [0.15, 0.2) is 60.9 Å². The SMILES string of the molecule is Nc1cncc(-c2ccc3[nH]nc(C(=O)Nc4cccc(F)c4)c3c2)c1. The minimum atomic E-state index is -0.426. The number of H-pyrrole nitrogens is 1. The summed E-state index contributed by atoms with van der Waals surface area (Å²) in [6.45, 7) is 0. The molecule has 0 bridgehead atoms. The average molecular weight is 347 g/mol. The number of halogens is 1. The maximum absolute atomic E-state index is 13.3. The number of hydrogen-bond acceptors (Lipinski definition) is 4. The van der Waals surface area contributed by atoms with Gasteiger partial charge in [0.05, 0.1) is 11.2 Å². The normalized spacial score (nSPS) is 10.8. The second kappa shape index (κ2) is 6.29. The number of aromatic nitrogens is 3. The third-order valence-electron chi connectivity index (χ3n) is 3.95. The van der Waals surface area contributed by atoms with Crippen molar-refractivity contribution in [1.82, 2.24) is 15.2 Å². The molecule has 7 heteroatoms. The molecule has 2 aromatic carbocycles. The van der Waals surface area contributed by atoms with Crippen molar-refractivity contribution in [2.24, 2.45) is 0 Å². The molecule has 1 amide bonds. The van der Waals surface area contributed by atoms with E-state index in [2.05, 4.69) is 20.5 Å². The van der Waals surface area contributed by atoms with E-state index in [9.17, 15) is 9.18 Å². The van der Waals surface area contributed by atoms with E-state index in [1.54, 1.807) is 24.5 Å². The molecule has 0 saturated carbocycles. The number of rotatable bonds is 3. The number of carbonyl (C=O) groups excluding carboxylic acids is 1. The van der Waals surface area contributed by atoms with Crippen LogP contribution >= 0.6 is 0 Å². The van der Waals surface area contributed by atoms with E-state index in [4.69, 9.17) is 5.73 Å². The Morgan fingerprint density at radius 1 is 1.08 bits per heavy atom. The van der Waals surface area contributed by atoms with Gasteiger partial charge >= 0.3 is 0 Å². The van der Waals surface area contributed by atoms with Gasteiger partial charge in [0.15, 0.2) is 5.69 Å². The number of nitrogens with zero attached hydrogens (tertiary/aromatic N) is 2. The maximum Gasteiger partial charge on any atom is 0.276 e. The Hall–Kier alpha value is -3.74. The van der Waals surface area contributed by atoms with Crippen molar-refractivity contribution in [2.45, 2.75) is 0 Å². The highest BCUT2D eigenvalue weighted by molar-refractivity contribution is 6.11. The number of anilines is 2. The molecular weight excluding hydrogens is 333 g/mol. The molecule has 128 valence electrons. The lowest BCUT2D eigenvalue weighted by atomic mass is 10.0. The summed E-state index contributed by atoms with van der Waals surface area (Å²) in [5.74, 6) is -0.851. The van der Waals surface area contributed by atoms with Crippen LogP contribution in [-0.2, 0) is 0 Å². The summed E-state index contributed by atoms with van der Waals surface area (Å²) in [7, 11) is 0. The van der Waals surface area contributed by atoms with Gasteiger partial charge in [0.25, 0.3) is 5.91 Å². The van der Waals surface area contributed by atoms with Gasteiger partial charge in [-0.3, -0.25) is 14.9 Å². The van der Waals surface area contributed by atoms with E-state index < -0.39 is 11.7 Å². The predicted octanol–water partition coefficient (Wildman–Crippen LogP) is 3.60. The number of carbonyl (C=O) groups is 1. The number of amides is 1. The molecule has 0 aliphatic heterocycles. The van der Waals surface area contributed by atoms with Gasteiger partial charge in [-0.05, 0) is 42.0 Å². The minimum absolute atomic E-state index is 0.225. The fourth-order valence-electron chi connectivity index (χ4n) is 2.74. The fraction of sp³-hybridized carbons (Fsp3) is 0. The Bertz CT molecular complexity index is 1120. The van der Waals surface area contributed by atoms with Crippen LogP contribution in [0.4, 0.5) is 15.8 Å². The Balaban J connectivity index is 1.71. The van der Waals surface area contributed by atoms with E-state index in [0.29, 0.717) is 16.8 Å². The molecule has 0 spiro atoms. The van der Waals surface area contributed by atoms with Gasteiger partial charge in [0.1, 0.15) is 5.82 Å². The van der Waals surface area contributed by atoms with Gasteiger partial charge in [0.2, 0.25) is 0 Å². The number of nitrogen functional groups attached to an aromatic ring is 1.